The highest BCUT2D eigenvalue weighted by Crippen LogP contribution is 2.43. The fraction of sp³-hybridized carbons (Fsp3) is 0.692. The normalized spacial score (nSPS) is 21.3. The van der Waals surface area contributed by atoms with Crippen molar-refractivity contribution in [2.45, 2.75) is 38.8 Å². The molecule has 0 unspecified atom stereocenters. The van der Waals surface area contributed by atoms with Crippen LogP contribution >= 0.6 is 0 Å². The Morgan fingerprint density at radius 2 is 2.28 bits per heavy atom. The van der Waals surface area contributed by atoms with Gasteiger partial charge in [0.05, 0.1) is 6.54 Å². The lowest BCUT2D eigenvalue weighted by atomic mass is 9.66. The molecular formula is C13H20N4O. The molecule has 1 fully saturated rings. The van der Waals surface area contributed by atoms with E-state index in [-0.39, 0.29) is 11.3 Å². The molecule has 0 bridgehead atoms. The van der Waals surface area contributed by atoms with Crippen LogP contribution in [0.4, 0.5) is 0 Å². The molecule has 2 heterocycles. The summed E-state index contributed by atoms with van der Waals surface area (Å²) in [6.45, 7) is 2.94. The molecule has 0 radical (unpaired) electrons. The van der Waals surface area contributed by atoms with Crippen molar-refractivity contribution in [2.75, 3.05) is 13.1 Å². The van der Waals surface area contributed by atoms with Gasteiger partial charge in [0.15, 0.2) is 0 Å². The molecule has 5 nitrogen and oxygen atoms in total. The molecule has 18 heavy (non-hydrogen) atoms. The lowest BCUT2D eigenvalue weighted by Gasteiger charge is -2.42. The van der Waals surface area contributed by atoms with Crippen molar-refractivity contribution < 1.29 is 4.79 Å². The number of imidazole rings is 1. The number of aromatic nitrogens is 2. The van der Waals surface area contributed by atoms with Gasteiger partial charge in [0.1, 0.15) is 5.82 Å². The Labute approximate surface area is 107 Å². The number of carbonyl (C=O) groups excluding carboxylic acids is 1. The van der Waals surface area contributed by atoms with Crippen molar-refractivity contribution in [3.8, 4) is 0 Å². The number of hydrogen-bond donors (Lipinski definition) is 1. The molecule has 1 aliphatic heterocycles. The van der Waals surface area contributed by atoms with Crippen LogP contribution in [-0.2, 0) is 17.9 Å². The third kappa shape index (κ3) is 1.92. The van der Waals surface area contributed by atoms with E-state index in [2.05, 4.69) is 9.55 Å². The van der Waals surface area contributed by atoms with Crippen LogP contribution in [0.5, 0.6) is 0 Å². The summed E-state index contributed by atoms with van der Waals surface area (Å²) in [4.78, 5) is 18.5. The van der Waals surface area contributed by atoms with E-state index in [0.29, 0.717) is 19.5 Å². The van der Waals surface area contributed by atoms with Gasteiger partial charge in [-0.3, -0.25) is 4.79 Å². The highest BCUT2D eigenvalue weighted by molar-refractivity contribution is 5.77. The standard InChI is InChI=1S/C13H20N4O/c14-10-13(2-1-3-13)8-12(18)17-7-6-16-5-4-15-11(16)9-17/h4-5H,1-3,6-10,14H2. The summed E-state index contributed by atoms with van der Waals surface area (Å²) in [6.07, 6.45) is 7.83. The van der Waals surface area contributed by atoms with Gasteiger partial charge in [-0.05, 0) is 24.8 Å². The largest absolute Gasteiger partial charge is 0.333 e. The van der Waals surface area contributed by atoms with Gasteiger partial charge in [0.25, 0.3) is 0 Å². The third-order valence-electron chi connectivity index (χ3n) is 4.47. The summed E-state index contributed by atoms with van der Waals surface area (Å²) >= 11 is 0. The Morgan fingerprint density at radius 1 is 1.44 bits per heavy atom. The van der Waals surface area contributed by atoms with Crippen LogP contribution < -0.4 is 5.73 Å². The average Bonchev–Trinajstić information content (AvgIpc) is 2.80. The molecule has 5 heteroatoms. The Balaban J connectivity index is 1.64. The molecule has 0 aromatic carbocycles. The van der Waals surface area contributed by atoms with E-state index < -0.39 is 0 Å². The van der Waals surface area contributed by atoms with E-state index in [1.165, 1.54) is 6.42 Å². The zero-order valence-electron chi connectivity index (χ0n) is 10.6. The highest BCUT2D eigenvalue weighted by Gasteiger charge is 2.39. The molecule has 0 saturated heterocycles. The van der Waals surface area contributed by atoms with Crippen molar-refractivity contribution in [1.29, 1.82) is 0 Å². The molecule has 1 saturated carbocycles. The molecule has 2 aliphatic rings. The lowest BCUT2D eigenvalue weighted by molar-refractivity contribution is -0.136. The van der Waals surface area contributed by atoms with Gasteiger partial charge < -0.3 is 15.2 Å². The van der Waals surface area contributed by atoms with Crippen LogP contribution in [0.1, 0.15) is 31.5 Å². The molecule has 0 atom stereocenters. The van der Waals surface area contributed by atoms with Crippen LogP contribution in [0.2, 0.25) is 0 Å². The molecule has 2 N–H and O–H groups in total. The van der Waals surface area contributed by atoms with Gasteiger partial charge in [-0.25, -0.2) is 4.98 Å². The Morgan fingerprint density at radius 3 is 2.94 bits per heavy atom. The van der Waals surface area contributed by atoms with Gasteiger partial charge in [0, 0.05) is 31.9 Å². The first-order valence-corrected chi connectivity index (χ1v) is 6.70. The Hall–Kier alpha value is -1.36. The van der Waals surface area contributed by atoms with E-state index in [1.807, 2.05) is 11.1 Å². The first-order chi connectivity index (χ1) is 8.72. The quantitative estimate of drug-likeness (QED) is 0.858. The number of nitrogens with two attached hydrogens (primary N) is 1. The van der Waals surface area contributed by atoms with Crippen molar-refractivity contribution in [1.82, 2.24) is 14.5 Å². The first-order valence-electron chi connectivity index (χ1n) is 6.70. The predicted octanol–water partition coefficient (Wildman–Crippen LogP) is 0.744. The second-order valence-electron chi connectivity index (χ2n) is 5.59. The molecule has 0 spiro atoms. The number of amides is 1. The molecule has 1 aromatic heterocycles. The lowest BCUT2D eigenvalue weighted by Crippen LogP contribution is -2.45. The number of nitrogens with zero attached hydrogens (tertiary/aromatic N) is 3. The zero-order chi connectivity index (χ0) is 12.6. The Kier molecular flexibility index (Phi) is 2.86. The van der Waals surface area contributed by atoms with E-state index in [0.717, 1.165) is 31.8 Å². The second-order valence-corrected chi connectivity index (χ2v) is 5.59. The molecule has 1 aliphatic carbocycles. The number of hydrogen-bond acceptors (Lipinski definition) is 3. The van der Waals surface area contributed by atoms with Crippen LogP contribution in [0.3, 0.4) is 0 Å². The van der Waals surface area contributed by atoms with Gasteiger partial charge in [-0.2, -0.15) is 0 Å². The topological polar surface area (TPSA) is 64.2 Å². The summed E-state index contributed by atoms with van der Waals surface area (Å²) in [6, 6.07) is 0. The summed E-state index contributed by atoms with van der Waals surface area (Å²) in [5.41, 5.74) is 5.92. The van der Waals surface area contributed by atoms with Gasteiger partial charge in [-0.15, -0.1) is 0 Å². The maximum Gasteiger partial charge on any atom is 0.223 e. The van der Waals surface area contributed by atoms with Crippen LogP contribution in [0.15, 0.2) is 12.4 Å². The SMILES string of the molecule is NCC1(CC(=O)N2CCn3ccnc3C2)CCC1. The van der Waals surface area contributed by atoms with E-state index in [1.54, 1.807) is 6.20 Å². The fourth-order valence-corrected chi connectivity index (χ4v) is 2.95. The zero-order valence-corrected chi connectivity index (χ0v) is 10.6. The monoisotopic (exact) mass is 248 g/mol. The van der Waals surface area contributed by atoms with E-state index >= 15 is 0 Å². The molecule has 98 valence electrons. The van der Waals surface area contributed by atoms with Crippen LogP contribution in [0.25, 0.3) is 0 Å². The third-order valence-corrected chi connectivity index (χ3v) is 4.47. The second kappa shape index (κ2) is 4.39. The van der Waals surface area contributed by atoms with Crippen molar-refractivity contribution >= 4 is 5.91 Å². The van der Waals surface area contributed by atoms with E-state index in [9.17, 15) is 4.79 Å². The maximum absolute atomic E-state index is 12.3. The summed E-state index contributed by atoms with van der Waals surface area (Å²) < 4.78 is 2.12. The first kappa shape index (κ1) is 11.7. The molecule has 1 amide bonds. The fourth-order valence-electron chi connectivity index (χ4n) is 2.95. The van der Waals surface area contributed by atoms with E-state index in [4.69, 9.17) is 5.73 Å². The Bertz CT molecular complexity index is 444. The van der Waals surface area contributed by atoms with Crippen molar-refractivity contribution in [3.63, 3.8) is 0 Å². The van der Waals surface area contributed by atoms with Crippen LogP contribution in [-0.4, -0.2) is 33.4 Å². The van der Waals surface area contributed by atoms with Crippen molar-refractivity contribution in [2.24, 2.45) is 11.1 Å². The maximum atomic E-state index is 12.3. The van der Waals surface area contributed by atoms with Crippen LogP contribution in [0, 0.1) is 5.41 Å². The minimum Gasteiger partial charge on any atom is -0.333 e. The predicted molar refractivity (Wildman–Crippen MR) is 67.6 cm³/mol. The minimum atomic E-state index is 0.101. The number of carbonyl (C=O) groups is 1. The van der Waals surface area contributed by atoms with Gasteiger partial charge in [0.2, 0.25) is 5.91 Å². The minimum absolute atomic E-state index is 0.101. The molecule has 3 rings (SSSR count). The molecule has 1 aromatic rings. The highest BCUT2D eigenvalue weighted by atomic mass is 16.2. The summed E-state index contributed by atoms with van der Waals surface area (Å²) in [5, 5.41) is 0. The summed E-state index contributed by atoms with van der Waals surface area (Å²) in [7, 11) is 0. The summed E-state index contributed by atoms with van der Waals surface area (Å²) in [5.74, 6) is 1.24. The molecular weight excluding hydrogens is 228 g/mol. The van der Waals surface area contributed by atoms with Gasteiger partial charge >= 0.3 is 0 Å². The smallest absolute Gasteiger partial charge is 0.223 e. The van der Waals surface area contributed by atoms with Gasteiger partial charge in [-0.1, -0.05) is 6.42 Å². The van der Waals surface area contributed by atoms with Crippen molar-refractivity contribution in [3.05, 3.63) is 18.2 Å². The average molecular weight is 248 g/mol. The number of rotatable bonds is 3. The number of fused-ring (bicyclic) bond motifs is 1.